The van der Waals surface area contributed by atoms with Crippen molar-refractivity contribution >= 4 is 80.5 Å². The minimum atomic E-state index is -1.06. The van der Waals surface area contributed by atoms with Crippen molar-refractivity contribution in [2.45, 2.75) is 19.3 Å². The summed E-state index contributed by atoms with van der Waals surface area (Å²) in [4.78, 5) is 21.9. The van der Waals surface area contributed by atoms with Crippen LogP contribution in [0.3, 0.4) is 0 Å². The fourth-order valence-corrected chi connectivity index (χ4v) is 3.65. The van der Waals surface area contributed by atoms with Gasteiger partial charge in [0, 0.05) is 28.6 Å². The zero-order chi connectivity index (χ0) is 20.5. The van der Waals surface area contributed by atoms with Crippen molar-refractivity contribution in [2.75, 3.05) is 0 Å². The number of benzene rings is 2. The molecule has 4 nitrogen and oxygen atoms in total. The van der Waals surface area contributed by atoms with Crippen LogP contribution in [0.1, 0.15) is 25.0 Å². The molecular formula is C17H10Cl6O4. The summed E-state index contributed by atoms with van der Waals surface area (Å²) in [5.41, 5.74) is -1.43. The first-order chi connectivity index (χ1) is 12.4. The number of ether oxygens (including phenoxy) is 2. The molecule has 144 valence electrons. The van der Waals surface area contributed by atoms with E-state index < -0.39 is 16.3 Å². The minimum absolute atomic E-state index is 0.0432. The molecule has 2 aromatic carbocycles. The average molecular weight is 491 g/mol. The lowest BCUT2D eigenvalue weighted by atomic mass is 9.78. The van der Waals surface area contributed by atoms with Crippen LogP contribution in [-0.2, 0) is 5.41 Å². The van der Waals surface area contributed by atoms with E-state index >= 15 is 0 Å². The smallest absolute Gasteiger partial charge is 0.409 e. The SMILES string of the molecule is CC(C)(c1cc(Cl)c(OC(=O)Cl)c(Cl)c1)c1cc(Cl)c(OC(=O)Cl)c(Cl)c1. The maximum Gasteiger partial charge on any atom is 0.409 e. The summed E-state index contributed by atoms with van der Waals surface area (Å²) in [6.07, 6.45) is 0. The second-order valence-corrected chi connectivity index (χ2v) is 8.09. The second-order valence-electron chi connectivity index (χ2n) is 5.84. The van der Waals surface area contributed by atoms with Crippen LogP contribution in [0.5, 0.6) is 11.5 Å². The molecular weight excluding hydrogens is 481 g/mol. The third-order valence-corrected chi connectivity index (χ3v) is 5.08. The van der Waals surface area contributed by atoms with Gasteiger partial charge in [0.2, 0.25) is 0 Å². The Bertz CT molecular complexity index is 806. The molecule has 0 N–H and O–H groups in total. The molecule has 0 radical (unpaired) electrons. The van der Waals surface area contributed by atoms with E-state index in [9.17, 15) is 9.59 Å². The first kappa shape index (κ1) is 22.4. The van der Waals surface area contributed by atoms with Gasteiger partial charge in [0.1, 0.15) is 0 Å². The van der Waals surface area contributed by atoms with Crippen LogP contribution in [0.2, 0.25) is 20.1 Å². The van der Waals surface area contributed by atoms with Gasteiger partial charge in [-0.25, -0.2) is 9.59 Å². The summed E-state index contributed by atoms with van der Waals surface area (Å²) in [5, 5.41) is 0.405. The number of carbonyl (C=O) groups is 2. The molecule has 2 rings (SSSR count). The Kier molecular flexibility index (Phi) is 7.17. The van der Waals surface area contributed by atoms with E-state index in [2.05, 4.69) is 0 Å². The monoisotopic (exact) mass is 488 g/mol. The topological polar surface area (TPSA) is 52.6 Å². The van der Waals surface area contributed by atoms with Gasteiger partial charge in [-0.2, -0.15) is 0 Å². The number of halogens is 6. The number of hydrogen-bond donors (Lipinski definition) is 0. The van der Waals surface area contributed by atoms with Crippen molar-refractivity contribution in [2.24, 2.45) is 0 Å². The molecule has 0 saturated heterocycles. The summed E-state index contributed by atoms with van der Waals surface area (Å²) in [6.45, 7) is 3.74. The van der Waals surface area contributed by atoms with Crippen molar-refractivity contribution in [3.05, 3.63) is 55.5 Å². The van der Waals surface area contributed by atoms with Crippen molar-refractivity contribution in [1.29, 1.82) is 0 Å². The molecule has 0 atom stereocenters. The molecule has 0 aromatic heterocycles. The van der Waals surface area contributed by atoms with E-state index in [4.69, 9.17) is 79.1 Å². The summed E-state index contributed by atoms with van der Waals surface area (Å²) < 4.78 is 9.60. The van der Waals surface area contributed by atoms with Crippen LogP contribution >= 0.6 is 69.6 Å². The van der Waals surface area contributed by atoms with Crippen LogP contribution in [-0.4, -0.2) is 10.9 Å². The fraction of sp³-hybridized carbons (Fsp3) is 0.176. The van der Waals surface area contributed by atoms with Gasteiger partial charge in [-0.15, -0.1) is 0 Å². The lowest BCUT2D eigenvalue weighted by Gasteiger charge is -2.28. The molecule has 0 unspecified atom stereocenters. The van der Waals surface area contributed by atoms with Crippen LogP contribution in [0, 0.1) is 0 Å². The van der Waals surface area contributed by atoms with Crippen LogP contribution in [0.25, 0.3) is 0 Å². The molecule has 27 heavy (non-hydrogen) atoms. The molecule has 10 heteroatoms. The van der Waals surface area contributed by atoms with E-state index in [1.54, 1.807) is 24.3 Å². The first-order valence-corrected chi connectivity index (χ1v) is 9.44. The molecule has 0 amide bonds. The molecule has 0 heterocycles. The van der Waals surface area contributed by atoms with E-state index in [1.807, 2.05) is 13.8 Å². The normalized spacial score (nSPS) is 11.3. The van der Waals surface area contributed by atoms with Gasteiger partial charge in [-0.3, -0.25) is 0 Å². The summed E-state index contributed by atoms with van der Waals surface area (Å²) >= 11 is 35.1. The summed E-state index contributed by atoms with van der Waals surface area (Å²) in [5.74, 6) is -0.0864. The van der Waals surface area contributed by atoms with Crippen LogP contribution < -0.4 is 9.47 Å². The quantitative estimate of drug-likeness (QED) is 0.406. The number of carbonyl (C=O) groups excluding carboxylic acids is 2. The van der Waals surface area contributed by atoms with Gasteiger partial charge in [-0.1, -0.05) is 60.3 Å². The Morgan fingerprint density at radius 2 is 0.963 bits per heavy atom. The summed E-state index contributed by atoms with van der Waals surface area (Å²) in [7, 11) is 0. The Hall–Kier alpha value is -0.880. The van der Waals surface area contributed by atoms with Gasteiger partial charge >= 0.3 is 10.9 Å². The third-order valence-electron chi connectivity index (χ3n) is 3.80. The Labute approximate surface area is 185 Å². The Morgan fingerprint density at radius 1 is 0.704 bits per heavy atom. The van der Waals surface area contributed by atoms with Crippen LogP contribution in [0.15, 0.2) is 24.3 Å². The highest BCUT2D eigenvalue weighted by Crippen LogP contribution is 2.44. The molecule has 0 aliphatic heterocycles. The highest BCUT2D eigenvalue weighted by Gasteiger charge is 2.28. The van der Waals surface area contributed by atoms with Gasteiger partial charge in [0.15, 0.2) is 11.5 Å². The average Bonchev–Trinajstić information content (AvgIpc) is 2.53. The first-order valence-electron chi connectivity index (χ1n) is 7.17. The second kappa shape index (κ2) is 8.64. The van der Waals surface area contributed by atoms with Crippen molar-refractivity contribution in [1.82, 2.24) is 0 Å². The molecule has 0 fully saturated rings. The van der Waals surface area contributed by atoms with Gasteiger partial charge in [0.25, 0.3) is 0 Å². The zero-order valence-corrected chi connectivity index (χ0v) is 18.2. The molecule has 0 aliphatic carbocycles. The van der Waals surface area contributed by atoms with E-state index in [0.29, 0.717) is 11.1 Å². The van der Waals surface area contributed by atoms with Gasteiger partial charge in [-0.05, 0) is 35.4 Å². The minimum Gasteiger partial charge on any atom is -0.411 e. The predicted octanol–water partition coefficient (Wildman–Crippen LogP) is 8.10. The maximum absolute atomic E-state index is 11.0. The van der Waals surface area contributed by atoms with Crippen LogP contribution in [0.4, 0.5) is 9.59 Å². The molecule has 0 bridgehead atoms. The third kappa shape index (κ3) is 5.14. The van der Waals surface area contributed by atoms with Gasteiger partial charge in [0.05, 0.1) is 20.1 Å². The summed E-state index contributed by atoms with van der Waals surface area (Å²) in [6, 6.07) is 6.32. The van der Waals surface area contributed by atoms with Crippen molar-refractivity contribution in [3.63, 3.8) is 0 Å². The Balaban J connectivity index is 2.53. The highest BCUT2D eigenvalue weighted by molar-refractivity contribution is 6.62. The lowest BCUT2D eigenvalue weighted by molar-refractivity contribution is 0.224. The number of rotatable bonds is 4. The Morgan fingerprint density at radius 3 is 1.19 bits per heavy atom. The van der Waals surface area contributed by atoms with Crippen molar-refractivity contribution < 1.29 is 19.1 Å². The molecule has 0 aliphatic rings. The van der Waals surface area contributed by atoms with Gasteiger partial charge < -0.3 is 9.47 Å². The predicted molar refractivity (Wildman–Crippen MR) is 109 cm³/mol. The maximum atomic E-state index is 11.0. The number of hydrogen-bond acceptors (Lipinski definition) is 4. The molecule has 0 spiro atoms. The van der Waals surface area contributed by atoms with E-state index in [0.717, 1.165) is 0 Å². The molecule has 2 aromatic rings. The standard InChI is InChI=1S/C17H10Cl6O4/c1-17(2,7-3-9(18)13(10(19)4-7)26-15(22)24)8-5-11(20)14(12(21)6-8)27-16(23)25/h3-6H,1-2H3. The van der Waals surface area contributed by atoms with E-state index in [-0.39, 0.29) is 31.6 Å². The highest BCUT2D eigenvalue weighted by atomic mass is 35.5. The van der Waals surface area contributed by atoms with Crippen molar-refractivity contribution in [3.8, 4) is 11.5 Å². The lowest BCUT2D eigenvalue weighted by Crippen LogP contribution is -2.19. The molecule has 0 saturated carbocycles. The zero-order valence-electron chi connectivity index (χ0n) is 13.7. The van der Waals surface area contributed by atoms with E-state index in [1.165, 1.54) is 0 Å². The largest absolute Gasteiger partial charge is 0.411 e. The fourth-order valence-electron chi connectivity index (χ4n) is 2.36.